The van der Waals surface area contributed by atoms with E-state index in [9.17, 15) is 13.2 Å². The third-order valence-electron chi connectivity index (χ3n) is 4.26. The van der Waals surface area contributed by atoms with Crippen LogP contribution < -0.4 is 10.5 Å². The number of sulfone groups is 1. The molecule has 8 heteroatoms. The highest BCUT2D eigenvalue weighted by atomic mass is 35.5. The zero-order valence-corrected chi connectivity index (χ0v) is 15.9. The lowest BCUT2D eigenvalue weighted by Crippen LogP contribution is -2.49. The van der Waals surface area contributed by atoms with E-state index in [1.807, 2.05) is 18.2 Å². The Morgan fingerprint density at radius 1 is 1.44 bits per heavy atom. The van der Waals surface area contributed by atoms with Crippen molar-refractivity contribution in [3.05, 3.63) is 29.3 Å². The van der Waals surface area contributed by atoms with Gasteiger partial charge in [0.15, 0.2) is 0 Å². The van der Waals surface area contributed by atoms with Gasteiger partial charge >= 0.3 is 0 Å². The lowest BCUT2D eigenvalue weighted by molar-refractivity contribution is -0.134. The highest BCUT2D eigenvalue weighted by molar-refractivity contribution is 7.90. The summed E-state index contributed by atoms with van der Waals surface area (Å²) >= 11 is 6.08. The van der Waals surface area contributed by atoms with E-state index in [1.165, 1.54) is 0 Å². The van der Waals surface area contributed by atoms with Crippen LogP contribution in [0.3, 0.4) is 0 Å². The number of halogens is 1. The monoisotopic (exact) mass is 388 g/mol. The molecule has 2 unspecified atom stereocenters. The Labute approximate surface area is 154 Å². The van der Waals surface area contributed by atoms with Crippen LogP contribution in [0, 0.1) is 5.92 Å². The van der Waals surface area contributed by atoms with Crippen LogP contribution in [0.5, 0.6) is 5.75 Å². The molecule has 1 amide bonds. The maximum atomic E-state index is 12.4. The number of hydrogen-bond acceptors (Lipinski definition) is 5. The zero-order valence-electron chi connectivity index (χ0n) is 14.4. The first-order chi connectivity index (χ1) is 11.8. The number of nitrogens with zero attached hydrogens (tertiary/aromatic N) is 1. The number of ether oxygens (including phenoxy) is 1. The van der Waals surface area contributed by atoms with Gasteiger partial charge in [0.2, 0.25) is 5.91 Å². The molecule has 0 saturated carbocycles. The number of piperidine rings is 1. The molecule has 1 fully saturated rings. The molecule has 6 nitrogen and oxygen atoms in total. The molecular weight excluding hydrogens is 364 g/mol. The van der Waals surface area contributed by atoms with Gasteiger partial charge in [-0.25, -0.2) is 8.42 Å². The second kappa shape index (κ2) is 8.87. The van der Waals surface area contributed by atoms with E-state index in [-0.39, 0.29) is 24.0 Å². The van der Waals surface area contributed by atoms with Crippen LogP contribution in [-0.4, -0.2) is 57.0 Å². The minimum absolute atomic E-state index is 0.0766. The number of likely N-dealkylation sites (tertiary alicyclic amines) is 1. The number of para-hydroxylation sites is 1. The predicted molar refractivity (Wildman–Crippen MR) is 98.6 cm³/mol. The van der Waals surface area contributed by atoms with E-state index in [0.717, 1.165) is 19.1 Å². The first-order valence-corrected chi connectivity index (χ1v) is 10.8. The summed E-state index contributed by atoms with van der Waals surface area (Å²) < 4.78 is 28.2. The molecule has 2 atom stereocenters. The molecule has 1 aromatic rings. The van der Waals surface area contributed by atoms with Gasteiger partial charge in [-0.3, -0.25) is 4.79 Å². The van der Waals surface area contributed by atoms with Gasteiger partial charge in [0.1, 0.15) is 15.6 Å². The van der Waals surface area contributed by atoms with E-state index in [0.29, 0.717) is 30.5 Å². The smallest absolute Gasteiger partial charge is 0.239 e. The summed E-state index contributed by atoms with van der Waals surface area (Å²) in [6.45, 7) is 1.69. The third kappa shape index (κ3) is 6.49. The predicted octanol–water partition coefficient (Wildman–Crippen LogP) is 1.72. The maximum Gasteiger partial charge on any atom is 0.239 e. The van der Waals surface area contributed by atoms with Crippen molar-refractivity contribution in [3.63, 3.8) is 0 Å². The quantitative estimate of drug-likeness (QED) is 0.768. The highest BCUT2D eigenvalue weighted by Crippen LogP contribution is 2.25. The van der Waals surface area contributed by atoms with E-state index < -0.39 is 15.9 Å². The summed E-state index contributed by atoms with van der Waals surface area (Å²) in [5.74, 6) is 0.576. The van der Waals surface area contributed by atoms with Gasteiger partial charge in [-0.1, -0.05) is 23.7 Å². The molecular formula is C17H25ClN2O4S. The number of amides is 1. The van der Waals surface area contributed by atoms with Gasteiger partial charge in [-0.2, -0.15) is 0 Å². The van der Waals surface area contributed by atoms with Crippen LogP contribution in [0.4, 0.5) is 0 Å². The second-order valence-electron chi connectivity index (χ2n) is 6.56. The number of benzene rings is 1. The van der Waals surface area contributed by atoms with Gasteiger partial charge in [-0.15, -0.1) is 0 Å². The summed E-state index contributed by atoms with van der Waals surface area (Å²) in [7, 11) is -3.12. The second-order valence-corrected chi connectivity index (χ2v) is 9.23. The van der Waals surface area contributed by atoms with Crippen LogP contribution in [0.2, 0.25) is 5.02 Å². The van der Waals surface area contributed by atoms with Crippen molar-refractivity contribution in [3.8, 4) is 5.75 Å². The zero-order chi connectivity index (χ0) is 18.4. The van der Waals surface area contributed by atoms with E-state index in [4.69, 9.17) is 22.1 Å². The maximum absolute atomic E-state index is 12.4. The normalized spacial score (nSPS) is 19.5. The Balaban J connectivity index is 1.85. The first-order valence-electron chi connectivity index (χ1n) is 8.35. The Hall–Kier alpha value is -1.31. The van der Waals surface area contributed by atoms with Gasteiger partial charge in [0.05, 0.1) is 23.4 Å². The molecule has 1 aliphatic heterocycles. The Morgan fingerprint density at radius 2 is 2.16 bits per heavy atom. The summed E-state index contributed by atoms with van der Waals surface area (Å²) in [5, 5.41) is 0.564. The van der Waals surface area contributed by atoms with E-state index >= 15 is 0 Å². The molecule has 0 aliphatic carbocycles. The molecule has 1 saturated heterocycles. The molecule has 140 valence electrons. The SMILES string of the molecule is CS(=O)(=O)CCC(N)C(=O)N1CCCC(COc2ccccc2Cl)C1. The number of nitrogens with two attached hydrogens (primary N) is 1. The van der Waals surface area contributed by atoms with Gasteiger partial charge in [0.25, 0.3) is 0 Å². The molecule has 1 aliphatic rings. The minimum Gasteiger partial charge on any atom is -0.492 e. The summed E-state index contributed by atoms with van der Waals surface area (Å²) in [5.41, 5.74) is 5.88. The van der Waals surface area contributed by atoms with Crippen LogP contribution in [-0.2, 0) is 14.6 Å². The van der Waals surface area contributed by atoms with Crippen molar-refractivity contribution in [1.29, 1.82) is 0 Å². The van der Waals surface area contributed by atoms with Crippen molar-refractivity contribution in [2.45, 2.75) is 25.3 Å². The first kappa shape index (κ1) is 20.0. The summed E-state index contributed by atoms with van der Waals surface area (Å²) in [6.07, 6.45) is 3.13. The number of hydrogen-bond donors (Lipinski definition) is 1. The number of carbonyl (C=O) groups is 1. The molecule has 0 spiro atoms. The molecule has 0 radical (unpaired) electrons. The minimum atomic E-state index is -3.12. The molecule has 0 aromatic heterocycles. The van der Waals surface area contributed by atoms with Gasteiger partial charge in [-0.05, 0) is 31.4 Å². The number of rotatable bonds is 7. The van der Waals surface area contributed by atoms with Crippen LogP contribution >= 0.6 is 11.6 Å². The average Bonchev–Trinajstić information content (AvgIpc) is 2.58. The van der Waals surface area contributed by atoms with Crippen LogP contribution in [0.25, 0.3) is 0 Å². The van der Waals surface area contributed by atoms with Crippen LogP contribution in [0.15, 0.2) is 24.3 Å². The highest BCUT2D eigenvalue weighted by Gasteiger charge is 2.28. The average molecular weight is 389 g/mol. The molecule has 1 aromatic carbocycles. The van der Waals surface area contributed by atoms with E-state index in [2.05, 4.69) is 0 Å². The van der Waals surface area contributed by atoms with Crippen molar-refractivity contribution in [2.75, 3.05) is 31.7 Å². The van der Waals surface area contributed by atoms with Crippen molar-refractivity contribution in [2.24, 2.45) is 11.7 Å². The van der Waals surface area contributed by atoms with Crippen LogP contribution in [0.1, 0.15) is 19.3 Å². The standard InChI is InChI=1S/C17H25ClN2O4S/c1-25(22,23)10-8-15(19)17(21)20-9-4-5-13(11-20)12-24-16-7-3-2-6-14(16)18/h2-3,6-7,13,15H,4-5,8-12,19H2,1H3. The molecule has 2 N–H and O–H groups in total. The molecule has 0 bridgehead atoms. The lowest BCUT2D eigenvalue weighted by atomic mass is 9.98. The largest absolute Gasteiger partial charge is 0.492 e. The topological polar surface area (TPSA) is 89.7 Å². The lowest BCUT2D eigenvalue weighted by Gasteiger charge is -2.34. The van der Waals surface area contributed by atoms with Crippen molar-refractivity contribution in [1.82, 2.24) is 4.90 Å². The summed E-state index contributed by atoms with van der Waals surface area (Å²) in [4.78, 5) is 14.2. The Kier molecular flexibility index (Phi) is 7.10. The van der Waals surface area contributed by atoms with Gasteiger partial charge < -0.3 is 15.4 Å². The van der Waals surface area contributed by atoms with Crippen molar-refractivity contribution < 1.29 is 17.9 Å². The number of carbonyl (C=O) groups excluding carboxylic acids is 1. The molecule has 25 heavy (non-hydrogen) atoms. The molecule has 2 rings (SSSR count). The molecule has 1 heterocycles. The van der Waals surface area contributed by atoms with Crippen molar-refractivity contribution >= 4 is 27.3 Å². The fraction of sp³-hybridized carbons (Fsp3) is 0.588. The van der Waals surface area contributed by atoms with Gasteiger partial charge in [0, 0.05) is 25.3 Å². The third-order valence-corrected chi connectivity index (χ3v) is 5.55. The Morgan fingerprint density at radius 3 is 2.84 bits per heavy atom. The fourth-order valence-electron chi connectivity index (χ4n) is 2.87. The van der Waals surface area contributed by atoms with E-state index in [1.54, 1.807) is 11.0 Å². The Bertz CT molecular complexity index is 696. The summed E-state index contributed by atoms with van der Waals surface area (Å²) in [6, 6.07) is 6.51. The fourth-order valence-corrected chi connectivity index (χ4v) is 3.74.